The fourth-order valence-electron chi connectivity index (χ4n) is 2.17. The second-order valence-corrected chi connectivity index (χ2v) is 6.40. The highest BCUT2D eigenvalue weighted by atomic mass is 16.5. The number of carbonyl (C=O) groups is 1. The second-order valence-electron chi connectivity index (χ2n) is 6.40. The molecule has 0 saturated carbocycles. The Labute approximate surface area is 138 Å². The van der Waals surface area contributed by atoms with Gasteiger partial charge in [0, 0.05) is 11.1 Å². The highest BCUT2D eigenvalue weighted by Crippen LogP contribution is 2.21. The third kappa shape index (κ3) is 4.99. The van der Waals surface area contributed by atoms with Gasteiger partial charge in [0.15, 0.2) is 0 Å². The van der Waals surface area contributed by atoms with Gasteiger partial charge in [-0.25, -0.2) is 0 Å². The van der Waals surface area contributed by atoms with E-state index in [4.69, 9.17) is 4.74 Å². The summed E-state index contributed by atoms with van der Waals surface area (Å²) in [6.07, 6.45) is 1.90. The second kappa shape index (κ2) is 7.14. The molecule has 0 spiro atoms. The maximum Gasteiger partial charge on any atom is 0.252 e. The van der Waals surface area contributed by atoms with Crippen LogP contribution in [-0.2, 0) is 4.79 Å². The molecule has 0 bridgehead atoms. The predicted octanol–water partition coefficient (Wildman–Crippen LogP) is 4.15. The van der Waals surface area contributed by atoms with Gasteiger partial charge in [-0.1, -0.05) is 42.5 Å². The molecule has 0 aromatic heterocycles. The van der Waals surface area contributed by atoms with Crippen molar-refractivity contribution in [2.75, 3.05) is 7.11 Å². The first-order valence-corrected chi connectivity index (χ1v) is 7.63. The van der Waals surface area contributed by atoms with Gasteiger partial charge in [0.2, 0.25) is 0 Å². The van der Waals surface area contributed by atoms with Gasteiger partial charge in [-0.2, -0.15) is 0 Å². The zero-order valence-corrected chi connectivity index (χ0v) is 14.1. The van der Waals surface area contributed by atoms with E-state index in [1.165, 1.54) is 0 Å². The number of nitrogens with one attached hydrogen (secondary N) is 1. The van der Waals surface area contributed by atoms with Gasteiger partial charge in [-0.15, -0.1) is 0 Å². The molecule has 0 saturated heterocycles. The normalized spacial score (nSPS) is 11.9. The van der Waals surface area contributed by atoms with Gasteiger partial charge in [0.1, 0.15) is 5.75 Å². The molecular formula is C20H23NO2. The predicted molar refractivity (Wildman–Crippen MR) is 95.2 cm³/mol. The third-order valence-electron chi connectivity index (χ3n) is 3.24. The van der Waals surface area contributed by atoms with E-state index in [2.05, 4.69) is 5.32 Å². The topological polar surface area (TPSA) is 38.3 Å². The summed E-state index contributed by atoms with van der Waals surface area (Å²) in [5.74, 6) is 0.710. The lowest BCUT2D eigenvalue weighted by atomic mass is 10.00. The molecule has 0 fully saturated rings. The first-order valence-electron chi connectivity index (χ1n) is 7.63. The monoisotopic (exact) mass is 309 g/mol. The van der Waals surface area contributed by atoms with E-state index < -0.39 is 0 Å². The van der Waals surface area contributed by atoms with Gasteiger partial charge in [-0.05, 0) is 50.1 Å². The van der Waals surface area contributed by atoms with Gasteiger partial charge in [-0.3, -0.25) is 4.79 Å². The van der Waals surface area contributed by atoms with E-state index in [-0.39, 0.29) is 11.4 Å². The van der Waals surface area contributed by atoms with Crippen molar-refractivity contribution in [2.24, 2.45) is 0 Å². The van der Waals surface area contributed by atoms with Crippen molar-refractivity contribution >= 4 is 17.6 Å². The highest BCUT2D eigenvalue weighted by Gasteiger charge is 2.18. The molecule has 0 aliphatic rings. The summed E-state index contributed by atoms with van der Waals surface area (Å²) in [7, 11) is 1.64. The summed E-state index contributed by atoms with van der Waals surface area (Å²) < 4.78 is 5.17. The Bertz CT molecular complexity index is 680. The van der Waals surface area contributed by atoms with Crippen molar-refractivity contribution < 1.29 is 9.53 Å². The Morgan fingerprint density at radius 2 is 1.61 bits per heavy atom. The summed E-state index contributed by atoms with van der Waals surface area (Å²) >= 11 is 0. The minimum absolute atomic E-state index is 0.0838. The molecule has 0 unspecified atom stereocenters. The number of ether oxygens (including phenoxy) is 1. The van der Waals surface area contributed by atoms with Gasteiger partial charge >= 0.3 is 0 Å². The first kappa shape index (κ1) is 16.8. The molecule has 0 radical (unpaired) electrons. The largest absolute Gasteiger partial charge is 0.497 e. The Hall–Kier alpha value is -2.55. The third-order valence-corrected chi connectivity index (χ3v) is 3.24. The number of carbonyl (C=O) groups excluding carboxylic acids is 1. The molecule has 0 atom stereocenters. The molecule has 3 nitrogen and oxygen atoms in total. The van der Waals surface area contributed by atoms with Crippen LogP contribution in [0, 0.1) is 0 Å². The Morgan fingerprint density at radius 1 is 1.00 bits per heavy atom. The van der Waals surface area contributed by atoms with Crippen molar-refractivity contribution in [1.29, 1.82) is 0 Å². The lowest BCUT2D eigenvalue weighted by Crippen LogP contribution is -2.40. The van der Waals surface area contributed by atoms with Crippen LogP contribution in [0.1, 0.15) is 31.9 Å². The van der Waals surface area contributed by atoms with Crippen molar-refractivity contribution in [3.63, 3.8) is 0 Å². The maximum atomic E-state index is 12.7. The Balaban J connectivity index is 2.40. The van der Waals surface area contributed by atoms with Crippen molar-refractivity contribution in [3.05, 3.63) is 65.7 Å². The molecule has 120 valence electrons. The van der Waals surface area contributed by atoms with E-state index in [0.29, 0.717) is 5.57 Å². The van der Waals surface area contributed by atoms with Crippen molar-refractivity contribution in [1.82, 2.24) is 5.32 Å². The number of rotatable bonds is 4. The van der Waals surface area contributed by atoms with Crippen molar-refractivity contribution in [3.8, 4) is 5.75 Å². The molecule has 23 heavy (non-hydrogen) atoms. The summed E-state index contributed by atoms with van der Waals surface area (Å²) in [6, 6.07) is 17.3. The van der Waals surface area contributed by atoms with Gasteiger partial charge < -0.3 is 10.1 Å². The zero-order valence-electron chi connectivity index (χ0n) is 14.1. The lowest BCUT2D eigenvalue weighted by Gasteiger charge is -2.21. The maximum absolute atomic E-state index is 12.7. The summed E-state index contributed by atoms with van der Waals surface area (Å²) in [5, 5.41) is 3.03. The van der Waals surface area contributed by atoms with Crippen molar-refractivity contribution in [2.45, 2.75) is 26.3 Å². The molecule has 2 aromatic rings. The SMILES string of the molecule is COc1ccc(/C=C(/C(=O)NC(C)(C)C)c2ccccc2)cc1. The van der Waals surface area contributed by atoms with Crippen LogP contribution in [0.5, 0.6) is 5.75 Å². The highest BCUT2D eigenvalue weighted by molar-refractivity contribution is 6.24. The fourth-order valence-corrected chi connectivity index (χ4v) is 2.17. The number of hydrogen-bond donors (Lipinski definition) is 1. The quantitative estimate of drug-likeness (QED) is 0.680. The summed E-state index contributed by atoms with van der Waals surface area (Å²) in [5.41, 5.74) is 2.20. The van der Waals surface area contributed by atoms with E-state index in [1.807, 2.05) is 81.4 Å². The van der Waals surface area contributed by atoms with E-state index in [0.717, 1.165) is 16.9 Å². The standard InChI is InChI=1S/C20H23NO2/c1-20(2,3)21-19(22)18(16-8-6-5-7-9-16)14-15-10-12-17(23-4)13-11-15/h5-14H,1-4H3,(H,21,22)/b18-14+. The van der Waals surface area contributed by atoms with Crippen LogP contribution in [-0.4, -0.2) is 18.6 Å². The van der Waals surface area contributed by atoms with Crippen LogP contribution in [0.4, 0.5) is 0 Å². The van der Waals surface area contributed by atoms with Crippen LogP contribution in [0.25, 0.3) is 11.6 Å². The Morgan fingerprint density at radius 3 is 2.13 bits per heavy atom. The van der Waals surface area contributed by atoms with Gasteiger partial charge in [0.25, 0.3) is 5.91 Å². The lowest BCUT2D eigenvalue weighted by molar-refractivity contribution is -0.116. The van der Waals surface area contributed by atoms with Crippen LogP contribution in [0.15, 0.2) is 54.6 Å². The molecular weight excluding hydrogens is 286 g/mol. The van der Waals surface area contributed by atoms with Crippen LogP contribution < -0.4 is 10.1 Å². The van der Waals surface area contributed by atoms with E-state index in [9.17, 15) is 4.79 Å². The number of hydrogen-bond acceptors (Lipinski definition) is 2. The van der Waals surface area contributed by atoms with Crippen LogP contribution >= 0.6 is 0 Å². The smallest absolute Gasteiger partial charge is 0.252 e. The Kier molecular flexibility index (Phi) is 5.22. The molecule has 0 aliphatic heterocycles. The fraction of sp³-hybridized carbons (Fsp3) is 0.250. The molecule has 2 rings (SSSR count). The molecule has 1 N–H and O–H groups in total. The number of methoxy groups -OCH3 is 1. The van der Waals surface area contributed by atoms with Crippen LogP contribution in [0.3, 0.4) is 0 Å². The average Bonchev–Trinajstić information content (AvgIpc) is 2.52. The van der Waals surface area contributed by atoms with Gasteiger partial charge in [0.05, 0.1) is 7.11 Å². The molecule has 1 amide bonds. The molecule has 0 heterocycles. The molecule has 2 aromatic carbocycles. The van der Waals surface area contributed by atoms with Crippen LogP contribution in [0.2, 0.25) is 0 Å². The summed E-state index contributed by atoms with van der Waals surface area (Å²) in [6.45, 7) is 5.92. The summed E-state index contributed by atoms with van der Waals surface area (Å²) in [4.78, 5) is 12.7. The zero-order chi connectivity index (χ0) is 16.9. The number of amides is 1. The molecule has 3 heteroatoms. The minimum Gasteiger partial charge on any atom is -0.497 e. The minimum atomic E-state index is -0.287. The first-order chi connectivity index (χ1) is 10.9. The van der Waals surface area contributed by atoms with E-state index >= 15 is 0 Å². The average molecular weight is 309 g/mol. The van der Waals surface area contributed by atoms with E-state index in [1.54, 1.807) is 7.11 Å². The number of benzene rings is 2. The molecule has 0 aliphatic carbocycles.